The van der Waals surface area contributed by atoms with E-state index in [4.69, 9.17) is 9.73 Å². The van der Waals surface area contributed by atoms with Crippen LogP contribution in [0.1, 0.15) is 45.4 Å². The first kappa shape index (κ1) is 17.7. The molecule has 25 heavy (non-hydrogen) atoms. The summed E-state index contributed by atoms with van der Waals surface area (Å²) in [6.45, 7) is 2.32. The van der Waals surface area contributed by atoms with Crippen LogP contribution in [0.5, 0.6) is 0 Å². The Kier molecular flexibility index (Phi) is 5.56. The van der Waals surface area contributed by atoms with Gasteiger partial charge in [0.05, 0.1) is 12.8 Å². The van der Waals surface area contributed by atoms with Gasteiger partial charge in [-0.1, -0.05) is 6.42 Å². The normalized spacial score (nSPS) is 23.2. The number of aromatic nitrogens is 2. The largest absolute Gasteiger partial charge is 0.466 e. The number of nitrogens with zero attached hydrogens (tertiary/aromatic N) is 4. The number of aliphatic imine (C=N–C) groups is 1. The lowest BCUT2D eigenvalue weighted by molar-refractivity contribution is -0.144. The van der Waals surface area contributed by atoms with Crippen molar-refractivity contribution < 1.29 is 9.53 Å². The van der Waals surface area contributed by atoms with Crippen LogP contribution in [-0.4, -0.2) is 47.1 Å². The third-order valence-electron chi connectivity index (χ3n) is 5.06. The Morgan fingerprint density at radius 2 is 2.24 bits per heavy atom. The average molecular weight is 344 g/mol. The number of ether oxygens (including phenoxy) is 1. The first-order valence-corrected chi connectivity index (χ1v) is 9.23. The lowest BCUT2D eigenvalue weighted by Crippen LogP contribution is -2.24. The van der Waals surface area contributed by atoms with Crippen molar-refractivity contribution in [2.24, 2.45) is 16.8 Å². The van der Waals surface area contributed by atoms with E-state index in [1.165, 1.54) is 5.71 Å². The molecule has 2 atom stereocenters. The van der Waals surface area contributed by atoms with E-state index < -0.39 is 0 Å². The van der Waals surface area contributed by atoms with Gasteiger partial charge in [0, 0.05) is 38.7 Å². The minimum atomic E-state index is -0.0659. The van der Waals surface area contributed by atoms with E-state index in [9.17, 15) is 4.79 Å². The molecule has 0 spiro atoms. The molecule has 0 radical (unpaired) electrons. The van der Waals surface area contributed by atoms with Gasteiger partial charge >= 0.3 is 5.97 Å². The first-order chi connectivity index (χ1) is 12.1. The van der Waals surface area contributed by atoms with Gasteiger partial charge in [-0.2, -0.15) is 9.78 Å². The number of carbonyl (C=O) groups is 1. The maximum absolute atomic E-state index is 11.8. The van der Waals surface area contributed by atoms with Crippen molar-refractivity contribution in [2.45, 2.75) is 45.4 Å². The molecule has 0 N–H and O–H groups in total. The molecule has 0 amide bonds. The summed E-state index contributed by atoms with van der Waals surface area (Å²) < 4.78 is 7.02. The fraction of sp³-hybridized carbons (Fsp3) is 0.632. The first-order valence-electron chi connectivity index (χ1n) is 9.23. The molecular weight excluding hydrogens is 316 g/mol. The number of hydrogen-bond acceptors (Lipinski definition) is 5. The Morgan fingerprint density at radius 1 is 1.40 bits per heavy atom. The molecule has 136 valence electrons. The quantitative estimate of drug-likeness (QED) is 0.767. The Balaban J connectivity index is 1.74. The Hall–Kier alpha value is -2.11. The van der Waals surface area contributed by atoms with Crippen LogP contribution in [-0.2, 0) is 9.53 Å². The molecule has 6 nitrogen and oxygen atoms in total. The molecule has 2 aliphatic rings. The molecule has 0 saturated heterocycles. The number of hydrogen-bond donors (Lipinski definition) is 0. The molecule has 3 rings (SSSR count). The number of esters is 1. The van der Waals surface area contributed by atoms with E-state index in [0.29, 0.717) is 24.9 Å². The van der Waals surface area contributed by atoms with Gasteiger partial charge in [0.2, 0.25) is 0 Å². The van der Waals surface area contributed by atoms with Gasteiger partial charge in [-0.15, -0.1) is 0 Å². The van der Waals surface area contributed by atoms with Gasteiger partial charge in [-0.25, -0.2) is 4.99 Å². The van der Waals surface area contributed by atoms with Crippen molar-refractivity contribution in [1.29, 1.82) is 0 Å². The van der Waals surface area contributed by atoms with Crippen molar-refractivity contribution in [1.82, 2.24) is 14.7 Å². The number of carbonyl (C=O) groups excluding carboxylic acids is 1. The smallest absolute Gasteiger partial charge is 0.306 e. The van der Waals surface area contributed by atoms with Crippen molar-refractivity contribution in [3.63, 3.8) is 0 Å². The van der Waals surface area contributed by atoms with Crippen molar-refractivity contribution >= 4 is 23.3 Å². The van der Waals surface area contributed by atoms with Crippen LogP contribution in [0.15, 0.2) is 23.3 Å². The summed E-state index contributed by atoms with van der Waals surface area (Å²) in [7, 11) is 4.05. The molecule has 1 fully saturated rings. The van der Waals surface area contributed by atoms with Gasteiger partial charge in [-0.3, -0.25) is 4.79 Å². The van der Waals surface area contributed by atoms with Gasteiger partial charge < -0.3 is 9.64 Å². The molecule has 0 aromatic carbocycles. The standard InChI is InChI=1S/C19H28N4O2/c1-4-25-19(24)13-14-6-5-7-15(12-14)16-8-9-18(22(2)3)23-17(21-16)10-11-20-23/h9-11,14-15H,4-8,12-13H2,1-3H3. The zero-order valence-electron chi connectivity index (χ0n) is 15.4. The monoisotopic (exact) mass is 344 g/mol. The molecule has 1 aromatic heterocycles. The minimum absolute atomic E-state index is 0.0659. The van der Waals surface area contributed by atoms with E-state index in [-0.39, 0.29) is 5.97 Å². The molecule has 6 heteroatoms. The fourth-order valence-electron chi connectivity index (χ4n) is 3.90. The molecule has 1 saturated carbocycles. The molecule has 0 bridgehead atoms. The Bertz CT molecular complexity index is 675. The lowest BCUT2D eigenvalue weighted by Gasteiger charge is -2.29. The summed E-state index contributed by atoms with van der Waals surface area (Å²) in [5, 5.41) is 4.41. The molecule has 1 aliphatic carbocycles. The third kappa shape index (κ3) is 4.11. The highest BCUT2D eigenvalue weighted by molar-refractivity contribution is 5.91. The van der Waals surface area contributed by atoms with Crippen LogP contribution in [0.25, 0.3) is 5.82 Å². The summed E-state index contributed by atoms with van der Waals surface area (Å²) in [5.41, 5.74) is 1.21. The highest BCUT2D eigenvalue weighted by atomic mass is 16.5. The summed E-state index contributed by atoms with van der Waals surface area (Å²) in [6.07, 6.45) is 9.81. The summed E-state index contributed by atoms with van der Waals surface area (Å²) in [6, 6.07) is 1.96. The molecule has 2 unspecified atom stereocenters. The zero-order chi connectivity index (χ0) is 17.8. The fourth-order valence-corrected chi connectivity index (χ4v) is 3.90. The van der Waals surface area contributed by atoms with Crippen molar-refractivity contribution in [3.05, 3.63) is 18.3 Å². The molecule has 1 aliphatic heterocycles. The predicted molar refractivity (Wildman–Crippen MR) is 98.6 cm³/mol. The molecule has 2 heterocycles. The number of fused-ring (bicyclic) bond motifs is 1. The second kappa shape index (κ2) is 7.85. The van der Waals surface area contributed by atoms with E-state index in [1.54, 1.807) is 6.20 Å². The SMILES string of the molecule is CCOC(=O)CC1CCCC(C2=Nc3ccnn3C(N(C)C)=CC2)C1. The number of allylic oxidation sites excluding steroid dienone is 1. The van der Waals surface area contributed by atoms with E-state index in [0.717, 1.165) is 43.7 Å². The third-order valence-corrected chi connectivity index (χ3v) is 5.06. The summed E-state index contributed by atoms with van der Waals surface area (Å²) >= 11 is 0. The van der Waals surface area contributed by atoms with Crippen LogP contribution >= 0.6 is 0 Å². The average Bonchev–Trinajstić information content (AvgIpc) is 2.94. The van der Waals surface area contributed by atoms with Crippen LogP contribution in [0, 0.1) is 11.8 Å². The molecular formula is C19H28N4O2. The summed E-state index contributed by atoms with van der Waals surface area (Å²) in [5.74, 6) is 2.72. The van der Waals surface area contributed by atoms with Gasteiger partial charge in [0.15, 0.2) is 5.82 Å². The lowest BCUT2D eigenvalue weighted by atomic mass is 9.77. The molecule has 1 aromatic rings. The second-order valence-corrected chi connectivity index (χ2v) is 7.10. The second-order valence-electron chi connectivity index (χ2n) is 7.10. The van der Waals surface area contributed by atoms with Gasteiger partial charge in [-0.05, 0) is 44.1 Å². The Morgan fingerprint density at radius 3 is 3.00 bits per heavy atom. The van der Waals surface area contributed by atoms with Crippen LogP contribution < -0.4 is 0 Å². The number of rotatable bonds is 5. The van der Waals surface area contributed by atoms with Crippen LogP contribution in [0.4, 0.5) is 5.82 Å². The summed E-state index contributed by atoms with van der Waals surface area (Å²) in [4.78, 5) is 18.8. The van der Waals surface area contributed by atoms with Crippen LogP contribution in [0.2, 0.25) is 0 Å². The maximum atomic E-state index is 11.8. The van der Waals surface area contributed by atoms with Crippen molar-refractivity contribution in [2.75, 3.05) is 20.7 Å². The van der Waals surface area contributed by atoms with E-state index >= 15 is 0 Å². The van der Waals surface area contributed by atoms with E-state index in [1.807, 2.05) is 31.8 Å². The maximum Gasteiger partial charge on any atom is 0.306 e. The van der Waals surface area contributed by atoms with Crippen LogP contribution in [0.3, 0.4) is 0 Å². The Labute approximate surface area is 149 Å². The topological polar surface area (TPSA) is 59.7 Å². The van der Waals surface area contributed by atoms with E-state index in [2.05, 4.69) is 16.1 Å². The van der Waals surface area contributed by atoms with Crippen molar-refractivity contribution in [3.8, 4) is 0 Å². The predicted octanol–water partition coefficient (Wildman–Crippen LogP) is 3.48. The highest BCUT2D eigenvalue weighted by Crippen LogP contribution is 2.35. The van der Waals surface area contributed by atoms with Gasteiger partial charge in [0.25, 0.3) is 0 Å². The van der Waals surface area contributed by atoms with Gasteiger partial charge in [0.1, 0.15) is 5.82 Å². The minimum Gasteiger partial charge on any atom is -0.466 e. The zero-order valence-corrected chi connectivity index (χ0v) is 15.4. The highest BCUT2D eigenvalue weighted by Gasteiger charge is 2.28.